The lowest BCUT2D eigenvalue weighted by atomic mass is 9.93. The van der Waals surface area contributed by atoms with Crippen molar-refractivity contribution in [3.05, 3.63) is 65.7 Å². The summed E-state index contributed by atoms with van der Waals surface area (Å²) in [7, 11) is 0. The molecule has 32 heavy (non-hydrogen) atoms. The summed E-state index contributed by atoms with van der Waals surface area (Å²) in [6.07, 6.45) is 10.6. The molecule has 2 aromatic carbocycles. The molecule has 1 amide bonds. The number of hydrogen-bond acceptors (Lipinski definition) is 2. The van der Waals surface area contributed by atoms with Gasteiger partial charge in [-0.3, -0.25) is 4.79 Å². The highest BCUT2D eigenvalue weighted by molar-refractivity contribution is 5.89. The van der Waals surface area contributed by atoms with Gasteiger partial charge in [-0.05, 0) is 59.9 Å². The van der Waals surface area contributed by atoms with Gasteiger partial charge in [-0.25, -0.2) is 0 Å². The Kier molecular flexibility index (Phi) is 7.81. The third kappa shape index (κ3) is 5.32. The summed E-state index contributed by atoms with van der Waals surface area (Å²) < 4.78 is 6.07. The van der Waals surface area contributed by atoms with Crippen molar-refractivity contribution in [1.29, 1.82) is 0 Å². The minimum atomic E-state index is -0.317. The standard InChI is InChI=1S/C29H37NO2/c1-3-5-6-10-20-32-27(4-2)29(31)30(25-18-19-25)21-24-17-16-23-14-11-15-26(28(23)24)22-12-8-7-9-13-22/h7-9,11-15,17,25,27H,3-6,10,16,18-21H2,1-2H3. The Bertz CT molecular complexity index is 929. The van der Waals surface area contributed by atoms with Gasteiger partial charge in [-0.15, -0.1) is 0 Å². The van der Waals surface area contributed by atoms with E-state index in [1.165, 1.54) is 47.1 Å². The molecule has 0 heterocycles. The van der Waals surface area contributed by atoms with E-state index in [0.29, 0.717) is 19.2 Å². The minimum Gasteiger partial charge on any atom is -0.368 e. The molecule has 1 fully saturated rings. The molecule has 0 aliphatic heterocycles. The first-order valence-electron chi connectivity index (χ1n) is 12.5. The zero-order valence-electron chi connectivity index (χ0n) is 19.7. The first kappa shape index (κ1) is 22.8. The van der Waals surface area contributed by atoms with Gasteiger partial charge in [0, 0.05) is 19.2 Å². The predicted molar refractivity (Wildman–Crippen MR) is 132 cm³/mol. The molecule has 1 saturated carbocycles. The van der Waals surface area contributed by atoms with Crippen LogP contribution in [0, 0.1) is 0 Å². The van der Waals surface area contributed by atoms with Crippen LogP contribution in [0.15, 0.2) is 54.6 Å². The van der Waals surface area contributed by atoms with Crippen molar-refractivity contribution in [2.45, 2.75) is 77.4 Å². The average Bonchev–Trinajstić information content (AvgIpc) is 3.59. The fourth-order valence-corrected chi connectivity index (χ4v) is 4.75. The summed E-state index contributed by atoms with van der Waals surface area (Å²) in [6, 6.07) is 17.6. The van der Waals surface area contributed by atoms with E-state index < -0.39 is 0 Å². The molecule has 170 valence electrons. The summed E-state index contributed by atoms with van der Waals surface area (Å²) in [5.74, 6) is 0.178. The Labute approximate surface area is 193 Å². The van der Waals surface area contributed by atoms with Crippen LogP contribution >= 0.6 is 0 Å². The van der Waals surface area contributed by atoms with Gasteiger partial charge in [-0.2, -0.15) is 0 Å². The first-order chi connectivity index (χ1) is 15.7. The Hall–Kier alpha value is -2.39. The molecule has 4 rings (SSSR count). The van der Waals surface area contributed by atoms with Crippen molar-refractivity contribution in [1.82, 2.24) is 4.90 Å². The molecule has 0 bridgehead atoms. The fraction of sp³-hybridized carbons (Fsp3) is 0.483. The number of carbonyl (C=O) groups is 1. The number of hydrogen-bond donors (Lipinski definition) is 0. The molecule has 2 aliphatic rings. The topological polar surface area (TPSA) is 29.5 Å². The first-order valence-corrected chi connectivity index (χ1v) is 12.5. The summed E-state index contributed by atoms with van der Waals surface area (Å²) in [5.41, 5.74) is 6.49. The van der Waals surface area contributed by atoms with Gasteiger partial charge >= 0.3 is 0 Å². The largest absolute Gasteiger partial charge is 0.368 e. The highest BCUT2D eigenvalue weighted by Gasteiger charge is 2.37. The molecule has 2 aliphatic carbocycles. The molecule has 2 aromatic rings. The van der Waals surface area contributed by atoms with Gasteiger partial charge < -0.3 is 9.64 Å². The van der Waals surface area contributed by atoms with Gasteiger partial charge in [0.05, 0.1) is 0 Å². The zero-order valence-corrected chi connectivity index (χ0v) is 19.7. The van der Waals surface area contributed by atoms with Gasteiger partial charge in [0.15, 0.2) is 0 Å². The molecule has 0 radical (unpaired) electrons. The Morgan fingerprint density at radius 3 is 2.56 bits per heavy atom. The zero-order chi connectivity index (χ0) is 22.3. The maximum atomic E-state index is 13.5. The molecule has 0 spiro atoms. The van der Waals surface area contributed by atoms with Crippen molar-refractivity contribution in [3.8, 4) is 11.1 Å². The number of nitrogens with zero attached hydrogens (tertiary/aromatic N) is 1. The van der Waals surface area contributed by atoms with E-state index in [0.717, 1.165) is 32.1 Å². The van der Waals surface area contributed by atoms with E-state index in [2.05, 4.69) is 73.4 Å². The molecule has 0 saturated heterocycles. The van der Waals surface area contributed by atoms with Gasteiger partial charge in [0.25, 0.3) is 5.91 Å². The number of benzene rings is 2. The maximum Gasteiger partial charge on any atom is 0.252 e. The van der Waals surface area contributed by atoms with Crippen LogP contribution in [0.25, 0.3) is 16.7 Å². The number of unbranched alkanes of at least 4 members (excludes halogenated alkanes) is 3. The number of carbonyl (C=O) groups excluding carboxylic acids is 1. The molecular weight excluding hydrogens is 394 g/mol. The third-order valence-corrected chi connectivity index (χ3v) is 6.70. The number of allylic oxidation sites excluding steroid dienone is 1. The quantitative estimate of drug-likeness (QED) is 0.352. The summed E-state index contributed by atoms with van der Waals surface area (Å²) in [6.45, 7) is 5.66. The van der Waals surface area contributed by atoms with Crippen molar-refractivity contribution >= 4 is 11.5 Å². The van der Waals surface area contributed by atoms with Crippen LogP contribution in [0.4, 0.5) is 0 Å². The van der Waals surface area contributed by atoms with Crippen molar-refractivity contribution in [2.75, 3.05) is 13.2 Å². The number of fused-ring (bicyclic) bond motifs is 1. The minimum absolute atomic E-state index is 0.178. The van der Waals surface area contributed by atoms with Gasteiger partial charge in [0.2, 0.25) is 0 Å². The van der Waals surface area contributed by atoms with E-state index in [1.54, 1.807) is 0 Å². The van der Waals surface area contributed by atoms with Crippen LogP contribution in [-0.4, -0.2) is 36.1 Å². The summed E-state index contributed by atoms with van der Waals surface area (Å²) in [4.78, 5) is 15.6. The predicted octanol–water partition coefficient (Wildman–Crippen LogP) is 6.66. The maximum absolute atomic E-state index is 13.5. The van der Waals surface area contributed by atoms with E-state index in [1.807, 2.05) is 0 Å². The van der Waals surface area contributed by atoms with Crippen LogP contribution in [0.1, 0.15) is 69.9 Å². The van der Waals surface area contributed by atoms with Crippen LogP contribution in [0.3, 0.4) is 0 Å². The second-order valence-corrected chi connectivity index (χ2v) is 9.16. The van der Waals surface area contributed by atoms with E-state index in [4.69, 9.17) is 4.74 Å². The molecule has 0 aromatic heterocycles. The second kappa shape index (κ2) is 11.0. The van der Waals surface area contributed by atoms with Crippen molar-refractivity contribution < 1.29 is 9.53 Å². The van der Waals surface area contributed by atoms with Crippen LogP contribution in [-0.2, 0) is 16.0 Å². The molecule has 1 unspecified atom stereocenters. The molecule has 1 atom stereocenters. The second-order valence-electron chi connectivity index (χ2n) is 9.16. The third-order valence-electron chi connectivity index (χ3n) is 6.70. The lowest BCUT2D eigenvalue weighted by Gasteiger charge is -2.28. The van der Waals surface area contributed by atoms with E-state index >= 15 is 0 Å². The monoisotopic (exact) mass is 431 g/mol. The van der Waals surface area contributed by atoms with E-state index in [-0.39, 0.29) is 12.0 Å². The van der Waals surface area contributed by atoms with Gasteiger partial charge in [-0.1, -0.05) is 87.7 Å². The van der Waals surface area contributed by atoms with Crippen LogP contribution in [0.5, 0.6) is 0 Å². The Balaban J connectivity index is 1.49. The Morgan fingerprint density at radius 1 is 1.03 bits per heavy atom. The normalized spacial score (nSPS) is 15.9. The SMILES string of the molecule is CCCCCCOC(CC)C(=O)N(CC1=CCc2cccc(-c3ccccc3)c21)C1CC1. The Morgan fingerprint density at radius 2 is 1.84 bits per heavy atom. The van der Waals surface area contributed by atoms with Crippen molar-refractivity contribution in [3.63, 3.8) is 0 Å². The molecule has 3 heteroatoms. The van der Waals surface area contributed by atoms with Crippen LogP contribution < -0.4 is 0 Å². The summed E-state index contributed by atoms with van der Waals surface area (Å²) in [5, 5.41) is 0. The van der Waals surface area contributed by atoms with Crippen LogP contribution in [0.2, 0.25) is 0 Å². The van der Waals surface area contributed by atoms with Gasteiger partial charge in [0.1, 0.15) is 6.10 Å². The highest BCUT2D eigenvalue weighted by atomic mass is 16.5. The smallest absolute Gasteiger partial charge is 0.252 e. The highest BCUT2D eigenvalue weighted by Crippen LogP contribution is 2.38. The molecule has 3 nitrogen and oxygen atoms in total. The molecular formula is C29H37NO2. The molecule has 0 N–H and O–H groups in total. The fourth-order valence-electron chi connectivity index (χ4n) is 4.75. The van der Waals surface area contributed by atoms with E-state index in [9.17, 15) is 4.79 Å². The summed E-state index contributed by atoms with van der Waals surface area (Å²) >= 11 is 0. The lowest BCUT2D eigenvalue weighted by Crippen LogP contribution is -2.42. The van der Waals surface area contributed by atoms with Crippen molar-refractivity contribution in [2.24, 2.45) is 0 Å². The number of ether oxygens (including phenoxy) is 1. The average molecular weight is 432 g/mol. The number of rotatable bonds is 12. The number of amides is 1. The lowest BCUT2D eigenvalue weighted by molar-refractivity contribution is -0.144.